The molecule has 0 fully saturated rings. The number of nitrogens with zero attached hydrogens (tertiary/aromatic N) is 4. The Morgan fingerprint density at radius 2 is 1.71 bits per heavy atom. The second kappa shape index (κ2) is 3.52. The Morgan fingerprint density at radius 3 is 2.24 bits per heavy atom. The molecule has 0 saturated heterocycles. The van der Waals surface area contributed by atoms with Crippen molar-refractivity contribution in [2.45, 2.75) is 52.5 Å². The normalized spacial score (nSPS) is 13.3. The van der Waals surface area contributed by atoms with Crippen LogP contribution in [0.4, 0.5) is 0 Å². The van der Waals surface area contributed by atoms with E-state index in [1.54, 1.807) is 6.20 Å². The van der Waals surface area contributed by atoms with Crippen molar-refractivity contribution in [1.82, 2.24) is 19.7 Å². The van der Waals surface area contributed by atoms with Crippen LogP contribution in [-0.2, 0) is 11.0 Å². The molecule has 2 aromatic heterocycles. The molecule has 0 radical (unpaired) electrons. The van der Waals surface area contributed by atoms with Crippen molar-refractivity contribution >= 4 is 11.2 Å². The predicted molar refractivity (Wildman–Crippen MR) is 69.0 cm³/mol. The first-order valence-electron chi connectivity index (χ1n) is 5.92. The van der Waals surface area contributed by atoms with Crippen molar-refractivity contribution in [2.75, 3.05) is 0 Å². The van der Waals surface area contributed by atoms with Crippen LogP contribution in [0, 0.1) is 0 Å². The van der Waals surface area contributed by atoms with Crippen LogP contribution in [-0.4, -0.2) is 19.7 Å². The average Bonchev–Trinajstić information content (AvgIpc) is 2.54. The Labute approximate surface area is 102 Å². The molecular weight excluding hydrogens is 212 g/mol. The maximum atomic E-state index is 4.71. The maximum absolute atomic E-state index is 4.71. The summed E-state index contributed by atoms with van der Waals surface area (Å²) in [6, 6.07) is 1.92. The van der Waals surface area contributed by atoms with Gasteiger partial charge in [-0.05, 0) is 26.8 Å². The van der Waals surface area contributed by atoms with E-state index >= 15 is 0 Å². The minimum atomic E-state index is -0.0482. The molecule has 2 heterocycles. The topological polar surface area (TPSA) is 43.6 Å². The summed E-state index contributed by atoms with van der Waals surface area (Å²) in [7, 11) is 0. The van der Waals surface area contributed by atoms with Gasteiger partial charge in [0.2, 0.25) is 0 Å². The standard InChI is InChI=1S/C13H20N4/c1-12(2,3)11-15-9-7-8-14-16-10(9)17(11)13(4,5)6/h7-8H,1-6H3. The zero-order valence-electron chi connectivity index (χ0n) is 11.4. The van der Waals surface area contributed by atoms with Gasteiger partial charge in [0.1, 0.15) is 11.3 Å². The van der Waals surface area contributed by atoms with Gasteiger partial charge in [-0.25, -0.2) is 4.98 Å². The first-order chi connectivity index (χ1) is 7.71. The Hall–Kier alpha value is -1.45. The van der Waals surface area contributed by atoms with Gasteiger partial charge >= 0.3 is 0 Å². The van der Waals surface area contributed by atoms with Crippen LogP contribution in [0.1, 0.15) is 47.4 Å². The van der Waals surface area contributed by atoms with Gasteiger partial charge in [-0.15, -0.1) is 5.10 Å². The second-order valence-electron chi connectivity index (χ2n) is 6.43. The van der Waals surface area contributed by atoms with Gasteiger partial charge in [-0.1, -0.05) is 20.8 Å². The van der Waals surface area contributed by atoms with Crippen LogP contribution in [0.15, 0.2) is 12.3 Å². The van der Waals surface area contributed by atoms with Crippen LogP contribution in [0.3, 0.4) is 0 Å². The first kappa shape index (κ1) is 12.0. The lowest BCUT2D eigenvalue weighted by Crippen LogP contribution is -2.29. The maximum Gasteiger partial charge on any atom is 0.183 e. The molecule has 0 bridgehead atoms. The summed E-state index contributed by atoms with van der Waals surface area (Å²) in [4.78, 5) is 4.71. The average molecular weight is 232 g/mol. The van der Waals surface area contributed by atoms with Crippen LogP contribution >= 0.6 is 0 Å². The van der Waals surface area contributed by atoms with Crippen LogP contribution in [0.25, 0.3) is 11.2 Å². The number of rotatable bonds is 0. The van der Waals surface area contributed by atoms with Crippen molar-refractivity contribution in [3.63, 3.8) is 0 Å². The Kier molecular flexibility index (Phi) is 2.49. The lowest BCUT2D eigenvalue weighted by Gasteiger charge is -2.28. The molecule has 17 heavy (non-hydrogen) atoms. The van der Waals surface area contributed by atoms with Gasteiger partial charge < -0.3 is 4.57 Å². The zero-order valence-corrected chi connectivity index (χ0v) is 11.4. The summed E-state index contributed by atoms with van der Waals surface area (Å²) in [6.45, 7) is 13.0. The molecule has 4 nitrogen and oxygen atoms in total. The molecule has 0 N–H and O–H groups in total. The SMILES string of the molecule is CC(C)(C)c1nc2ccnnc2n1C(C)(C)C. The van der Waals surface area contributed by atoms with E-state index in [0.717, 1.165) is 17.0 Å². The highest BCUT2D eigenvalue weighted by Gasteiger charge is 2.29. The molecule has 0 saturated carbocycles. The molecule has 2 aromatic rings. The summed E-state index contributed by atoms with van der Waals surface area (Å²) in [5.74, 6) is 1.06. The van der Waals surface area contributed by atoms with Gasteiger partial charge in [-0.2, -0.15) is 5.10 Å². The lowest BCUT2D eigenvalue weighted by atomic mass is 9.94. The number of hydrogen-bond acceptors (Lipinski definition) is 3. The molecule has 0 aliphatic rings. The highest BCUT2D eigenvalue weighted by atomic mass is 15.2. The van der Waals surface area contributed by atoms with Crippen LogP contribution in [0.5, 0.6) is 0 Å². The highest BCUT2D eigenvalue weighted by Crippen LogP contribution is 2.30. The van der Waals surface area contributed by atoms with Crippen molar-refractivity contribution in [3.8, 4) is 0 Å². The Morgan fingerprint density at radius 1 is 1.06 bits per heavy atom. The van der Waals surface area contributed by atoms with Crippen molar-refractivity contribution in [3.05, 3.63) is 18.1 Å². The van der Waals surface area contributed by atoms with E-state index < -0.39 is 0 Å². The predicted octanol–water partition coefficient (Wildman–Crippen LogP) is 2.88. The van der Waals surface area contributed by atoms with Crippen LogP contribution < -0.4 is 0 Å². The molecule has 4 heteroatoms. The fraction of sp³-hybridized carbons (Fsp3) is 0.615. The third kappa shape index (κ3) is 2.04. The minimum Gasteiger partial charge on any atom is -0.305 e. The van der Waals surface area contributed by atoms with E-state index in [1.165, 1.54) is 0 Å². The van der Waals surface area contributed by atoms with E-state index in [-0.39, 0.29) is 11.0 Å². The third-order valence-electron chi connectivity index (χ3n) is 2.67. The Balaban J connectivity index is 2.84. The lowest BCUT2D eigenvalue weighted by molar-refractivity contribution is 0.361. The number of imidazole rings is 1. The molecule has 2 rings (SSSR count). The van der Waals surface area contributed by atoms with Crippen molar-refractivity contribution in [1.29, 1.82) is 0 Å². The summed E-state index contributed by atoms with van der Waals surface area (Å²) in [5, 5.41) is 8.20. The van der Waals surface area contributed by atoms with Gasteiger partial charge in [0.05, 0.1) is 6.20 Å². The molecule has 0 aliphatic carbocycles. The van der Waals surface area contributed by atoms with Gasteiger partial charge in [0, 0.05) is 11.0 Å². The second-order valence-corrected chi connectivity index (χ2v) is 6.43. The van der Waals surface area contributed by atoms with E-state index in [4.69, 9.17) is 4.98 Å². The van der Waals surface area contributed by atoms with E-state index in [2.05, 4.69) is 56.3 Å². The number of aromatic nitrogens is 4. The summed E-state index contributed by atoms with van der Waals surface area (Å²) >= 11 is 0. The Bertz CT molecular complexity index is 541. The molecular formula is C13H20N4. The highest BCUT2D eigenvalue weighted by molar-refractivity contribution is 5.71. The third-order valence-corrected chi connectivity index (χ3v) is 2.67. The minimum absolute atomic E-state index is 0.00597. The molecule has 0 aliphatic heterocycles. The number of hydrogen-bond donors (Lipinski definition) is 0. The molecule has 0 aromatic carbocycles. The number of fused-ring (bicyclic) bond motifs is 1. The van der Waals surface area contributed by atoms with Gasteiger partial charge in [0.15, 0.2) is 5.65 Å². The van der Waals surface area contributed by atoms with E-state index in [1.807, 2.05) is 6.07 Å². The molecule has 0 atom stereocenters. The summed E-state index contributed by atoms with van der Waals surface area (Å²) < 4.78 is 2.19. The van der Waals surface area contributed by atoms with Crippen molar-refractivity contribution in [2.24, 2.45) is 0 Å². The quantitative estimate of drug-likeness (QED) is 0.701. The summed E-state index contributed by atoms with van der Waals surface area (Å²) in [6.07, 6.45) is 1.69. The molecule has 0 spiro atoms. The fourth-order valence-electron chi connectivity index (χ4n) is 1.97. The van der Waals surface area contributed by atoms with Gasteiger partial charge in [-0.3, -0.25) is 0 Å². The molecule has 0 amide bonds. The smallest absolute Gasteiger partial charge is 0.183 e. The van der Waals surface area contributed by atoms with Gasteiger partial charge in [0.25, 0.3) is 0 Å². The van der Waals surface area contributed by atoms with E-state index in [0.29, 0.717) is 0 Å². The monoisotopic (exact) mass is 232 g/mol. The van der Waals surface area contributed by atoms with Crippen LogP contribution in [0.2, 0.25) is 0 Å². The largest absolute Gasteiger partial charge is 0.305 e. The zero-order chi connectivity index (χ0) is 12.8. The fourth-order valence-corrected chi connectivity index (χ4v) is 1.97. The molecule has 92 valence electrons. The van der Waals surface area contributed by atoms with Crippen molar-refractivity contribution < 1.29 is 0 Å². The first-order valence-corrected chi connectivity index (χ1v) is 5.92. The van der Waals surface area contributed by atoms with E-state index in [9.17, 15) is 0 Å². The summed E-state index contributed by atoms with van der Waals surface area (Å²) in [5.41, 5.74) is 1.73. The molecule has 0 unspecified atom stereocenters.